The Labute approximate surface area is 102 Å². The van der Waals surface area contributed by atoms with Crippen molar-refractivity contribution in [1.82, 2.24) is 4.90 Å². The smallest absolute Gasteiger partial charge is 0.410 e. The molecule has 1 heterocycles. The van der Waals surface area contributed by atoms with Crippen LogP contribution in [0.2, 0.25) is 0 Å². The summed E-state index contributed by atoms with van der Waals surface area (Å²) >= 11 is 0. The number of nitrogens with zero attached hydrogens (tertiary/aromatic N) is 1. The van der Waals surface area contributed by atoms with E-state index in [0.717, 1.165) is 12.8 Å². The molecule has 1 saturated heterocycles. The van der Waals surface area contributed by atoms with E-state index in [4.69, 9.17) is 9.84 Å². The third kappa shape index (κ3) is 4.63. The summed E-state index contributed by atoms with van der Waals surface area (Å²) in [7, 11) is 0. The van der Waals surface area contributed by atoms with Crippen LogP contribution in [-0.4, -0.2) is 40.3 Å². The number of carbonyl (C=O) groups is 2. The molecule has 98 valence electrons. The molecule has 5 nitrogen and oxygen atoms in total. The molecule has 0 aromatic heterocycles. The van der Waals surface area contributed by atoms with Gasteiger partial charge in [0, 0.05) is 19.0 Å². The molecule has 1 aliphatic heterocycles. The van der Waals surface area contributed by atoms with Gasteiger partial charge in [-0.3, -0.25) is 4.79 Å². The van der Waals surface area contributed by atoms with Crippen molar-refractivity contribution in [3.8, 4) is 0 Å². The van der Waals surface area contributed by atoms with Crippen molar-refractivity contribution >= 4 is 12.1 Å². The Morgan fingerprint density at radius 1 is 1.41 bits per heavy atom. The molecule has 17 heavy (non-hydrogen) atoms. The summed E-state index contributed by atoms with van der Waals surface area (Å²) in [5.74, 6) is -0.818. The van der Waals surface area contributed by atoms with Crippen molar-refractivity contribution in [2.24, 2.45) is 0 Å². The van der Waals surface area contributed by atoms with Gasteiger partial charge in [0.1, 0.15) is 5.60 Å². The fraction of sp³-hybridized carbons (Fsp3) is 0.833. The van der Waals surface area contributed by atoms with Gasteiger partial charge in [0.15, 0.2) is 0 Å². The van der Waals surface area contributed by atoms with Crippen molar-refractivity contribution in [2.45, 2.75) is 58.1 Å². The normalized spacial score (nSPS) is 20.4. The molecule has 1 rings (SSSR count). The molecule has 5 heteroatoms. The molecule has 0 aromatic carbocycles. The first-order chi connectivity index (χ1) is 7.79. The van der Waals surface area contributed by atoms with Crippen LogP contribution >= 0.6 is 0 Å². The summed E-state index contributed by atoms with van der Waals surface area (Å²) in [5.41, 5.74) is -0.503. The van der Waals surface area contributed by atoms with Gasteiger partial charge < -0.3 is 14.7 Å². The average Bonchev–Trinajstić information content (AvgIpc) is 2.59. The number of carboxylic acids is 1. The minimum absolute atomic E-state index is 0.0148. The lowest BCUT2D eigenvalue weighted by molar-refractivity contribution is -0.137. The third-order valence-electron chi connectivity index (χ3n) is 2.70. The highest BCUT2D eigenvalue weighted by Gasteiger charge is 2.32. The molecular formula is C12H21NO4. The lowest BCUT2D eigenvalue weighted by atomic mass is 10.1. The van der Waals surface area contributed by atoms with Crippen LogP contribution in [0.25, 0.3) is 0 Å². The topological polar surface area (TPSA) is 66.8 Å². The second-order valence-electron chi connectivity index (χ2n) is 5.40. The molecule has 0 unspecified atom stereocenters. The van der Waals surface area contributed by atoms with E-state index in [1.165, 1.54) is 0 Å². The number of likely N-dealkylation sites (tertiary alicyclic amines) is 1. The number of hydrogen-bond donors (Lipinski definition) is 1. The predicted octanol–water partition coefficient (Wildman–Crippen LogP) is 2.25. The first-order valence-corrected chi connectivity index (χ1v) is 6.01. The maximum atomic E-state index is 11.9. The van der Waals surface area contributed by atoms with E-state index < -0.39 is 11.6 Å². The third-order valence-corrected chi connectivity index (χ3v) is 2.70. The van der Waals surface area contributed by atoms with Gasteiger partial charge in [-0.05, 0) is 40.0 Å². The molecule has 0 bridgehead atoms. The van der Waals surface area contributed by atoms with E-state index in [-0.39, 0.29) is 18.6 Å². The Morgan fingerprint density at radius 3 is 2.59 bits per heavy atom. The standard InChI is InChI=1S/C12H21NO4/c1-12(2,3)17-11(16)13-8-4-5-9(13)6-7-10(14)15/h9H,4-8H2,1-3H3,(H,14,15)/t9-/m0/s1. The minimum atomic E-state index is -0.818. The summed E-state index contributed by atoms with van der Waals surface area (Å²) in [5, 5.41) is 8.65. The second kappa shape index (κ2) is 5.38. The van der Waals surface area contributed by atoms with E-state index in [1.54, 1.807) is 4.90 Å². The molecule has 0 radical (unpaired) electrons. The summed E-state index contributed by atoms with van der Waals surface area (Å²) < 4.78 is 5.30. The Balaban J connectivity index is 2.51. The zero-order chi connectivity index (χ0) is 13.1. The zero-order valence-corrected chi connectivity index (χ0v) is 10.7. The minimum Gasteiger partial charge on any atom is -0.481 e. The van der Waals surface area contributed by atoms with Gasteiger partial charge in [-0.2, -0.15) is 0 Å². The van der Waals surface area contributed by atoms with Crippen LogP contribution < -0.4 is 0 Å². The quantitative estimate of drug-likeness (QED) is 0.825. The van der Waals surface area contributed by atoms with Crippen molar-refractivity contribution in [2.75, 3.05) is 6.54 Å². The molecule has 0 aromatic rings. The Kier molecular flexibility index (Phi) is 4.37. The van der Waals surface area contributed by atoms with Gasteiger partial charge in [-0.1, -0.05) is 0 Å². The molecule has 0 aliphatic carbocycles. The average molecular weight is 243 g/mol. The highest BCUT2D eigenvalue weighted by atomic mass is 16.6. The number of ether oxygens (including phenoxy) is 1. The monoisotopic (exact) mass is 243 g/mol. The summed E-state index contributed by atoms with van der Waals surface area (Å²) in [4.78, 5) is 24.1. The maximum Gasteiger partial charge on any atom is 0.410 e. The van der Waals surface area contributed by atoms with E-state index in [0.29, 0.717) is 13.0 Å². The van der Waals surface area contributed by atoms with Gasteiger partial charge >= 0.3 is 12.1 Å². The van der Waals surface area contributed by atoms with E-state index >= 15 is 0 Å². The van der Waals surface area contributed by atoms with Crippen LogP contribution in [0.5, 0.6) is 0 Å². The lowest BCUT2D eigenvalue weighted by Gasteiger charge is -2.28. The number of carbonyl (C=O) groups excluding carboxylic acids is 1. The Hall–Kier alpha value is -1.26. The van der Waals surface area contributed by atoms with E-state index in [1.807, 2.05) is 20.8 Å². The zero-order valence-electron chi connectivity index (χ0n) is 10.7. The number of aliphatic carboxylic acids is 1. The first kappa shape index (κ1) is 13.8. The fourth-order valence-corrected chi connectivity index (χ4v) is 1.99. The van der Waals surface area contributed by atoms with Crippen LogP contribution in [0.1, 0.15) is 46.5 Å². The van der Waals surface area contributed by atoms with Crippen molar-refractivity contribution < 1.29 is 19.4 Å². The molecule has 1 fully saturated rings. The van der Waals surface area contributed by atoms with Crippen molar-refractivity contribution in [1.29, 1.82) is 0 Å². The molecular weight excluding hydrogens is 222 g/mol. The second-order valence-corrected chi connectivity index (χ2v) is 5.40. The van der Waals surface area contributed by atoms with Gasteiger partial charge in [0.05, 0.1) is 0 Å². The van der Waals surface area contributed by atoms with Crippen molar-refractivity contribution in [3.05, 3.63) is 0 Å². The first-order valence-electron chi connectivity index (χ1n) is 6.01. The highest BCUT2D eigenvalue weighted by Crippen LogP contribution is 2.23. The summed E-state index contributed by atoms with van der Waals surface area (Å²) in [6.07, 6.45) is 2.07. The molecule has 1 aliphatic rings. The highest BCUT2D eigenvalue weighted by molar-refractivity contribution is 5.69. The number of rotatable bonds is 3. The van der Waals surface area contributed by atoms with Crippen LogP contribution in [0.15, 0.2) is 0 Å². The summed E-state index contributed by atoms with van der Waals surface area (Å²) in [6.45, 7) is 6.15. The SMILES string of the molecule is CC(C)(C)OC(=O)N1CCC[C@H]1CCC(=O)O. The Bertz CT molecular complexity index is 295. The van der Waals surface area contributed by atoms with Gasteiger partial charge in [0.2, 0.25) is 0 Å². The lowest BCUT2D eigenvalue weighted by Crippen LogP contribution is -2.39. The van der Waals surface area contributed by atoms with E-state index in [2.05, 4.69) is 0 Å². The molecule has 0 saturated carbocycles. The maximum absolute atomic E-state index is 11.9. The molecule has 1 atom stereocenters. The molecule has 0 spiro atoms. The number of carboxylic acid groups (broad SMARTS) is 1. The fourth-order valence-electron chi connectivity index (χ4n) is 1.99. The molecule has 1 amide bonds. The number of amides is 1. The van der Waals surface area contributed by atoms with Crippen LogP contribution in [0, 0.1) is 0 Å². The van der Waals surface area contributed by atoms with Gasteiger partial charge in [0.25, 0.3) is 0 Å². The van der Waals surface area contributed by atoms with Gasteiger partial charge in [-0.15, -0.1) is 0 Å². The van der Waals surface area contributed by atoms with E-state index in [9.17, 15) is 9.59 Å². The predicted molar refractivity (Wildman–Crippen MR) is 62.8 cm³/mol. The Morgan fingerprint density at radius 2 is 2.06 bits per heavy atom. The summed E-state index contributed by atoms with van der Waals surface area (Å²) in [6, 6.07) is 0.0148. The van der Waals surface area contributed by atoms with Crippen LogP contribution in [0.3, 0.4) is 0 Å². The van der Waals surface area contributed by atoms with Gasteiger partial charge in [-0.25, -0.2) is 4.79 Å². The van der Waals surface area contributed by atoms with Crippen LogP contribution in [-0.2, 0) is 9.53 Å². The number of hydrogen-bond acceptors (Lipinski definition) is 3. The van der Waals surface area contributed by atoms with Crippen molar-refractivity contribution in [3.63, 3.8) is 0 Å². The molecule has 1 N–H and O–H groups in total. The van der Waals surface area contributed by atoms with Crippen LogP contribution in [0.4, 0.5) is 4.79 Å². The largest absolute Gasteiger partial charge is 0.481 e.